The van der Waals surface area contributed by atoms with Crippen LogP contribution in [0.5, 0.6) is 0 Å². The minimum Gasteiger partial charge on any atom is -0.0499 e. The minimum absolute atomic E-state index is 1.03. The van der Waals surface area contributed by atoms with Gasteiger partial charge < -0.3 is 0 Å². The first-order valence-electron chi connectivity index (χ1n) is 6.41. The van der Waals surface area contributed by atoms with Gasteiger partial charge in [-0.05, 0) is 78.4 Å². The van der Waals surface area contributed by atoms with E-state index >= 15 is 0 Å². The Kier molecular flexibility index (Phi) is 0.527. The lowest BCUT2D eigenvalue weighted by atomic mass is 9.41. The third-order valence-corrected chi connectivity index (χ3v) is 7.82. The van der Waals surface area contributed by atoms with Crippen LogP contribution in [0, 0.1) is 46.3 Å². The van der Waals surface area contributed by atoms with Gasteiger partial charge in [0.2, 0.25) is 0 Å². The first-order valence-corrected chi connectivity index (χ1v) is 6.41. The van der Waals surface area contributed by atoms with Gasteiger partial charge in [-0.15, -0.1) is 0 Å². The molecule has 0 aromatic carbocycles. The fourth-order valence-corrected chi connectivity index (χ4v) is 8.14. The molecule has 0 amide bonds. The maximum atomic E-state index is 1.71. The molecule has 0 aliphatic heterocycles. The number of fused-ring (bicyclic) bond motifs is 2. The Hall–Kier alpha value is 0. The van der Waals surface area contributed by atoms with Crippen molar-refractivity contribution in [1.29, 1.82) is 0 Å². The molecule has 6 fully saturated rings. The second-order valence-electron chi connectivity index (χ2n) is 7.01. The normalized spacial score (nSPS) is 88.6. The largest absolute Gasteiger partial charge is 0.0499 e. The van der Waals surface area contributed by atoms with Crippen LogP contribution in [0.1, 0.15) is 32.1 Å². The summed E-state index contributed by atoms with van der Waals surface area (Å²) in [5.41, 5.74) is 2.08. The SMILES string of the molecule is C1CC2C3C4CC56C2C1CCC45C36. The predicted molar refractivity (Wildman–Crippen MR) is 48.9 cm³/mol. The van der Waals surface area contributed by atoms with E-state index in [0.717, 1.165) is 10.8 Å². The lowest BCUT2D eigenvalue weighted by Gasteiger charge is -2.63. The molecule has 8 unspecified atom stereocenters. The molecule has 0 heteroatoms. The molecule has 68 valence electrons. The van der Waals surface area contributed by atoms with Crippen LogP contribution in [0.3, 0.4) is 0 Å². The smallest absolute Gasteiger partial charge is 0.0162 e. The van der Waals surface area contributed by atoms with Gasteiger partial charge >= 0.3 is 0 Å². The molecule has 0 bridgehead atoms. The molecular formula is C13H16. The van der Waals surface area contributed by atoms with Crippen LogP contribution in [0.2, 0.25) is 0 Å². The highest BCUT2D eigenvalue weighted by Crippen LogP contribution is 3.07. The molecule has 13 heavy (non-hydrogen) atoms. The summed E-state index contributed by atoms with van der Waals surface area (Å²) in [6.07, 6.45) is 8.29. The van der Waals surface area contributed by atoms with E-state index in [-0.39, 0.29) is 0 Å². The van der Waals surface area contributed by atoms with Crippen molar-refractivity contribution in [2.75, 3.05) is 0 Å². The van der Waals surface area contributed by atoms with Crippen molar-refractivity contribution in [3.8, 4) is 0 Å². The van der Waals surface area contributed by atoms with Gasteiger partial charge in [0.15, 0.2) is 0 Å². The highest BCUT2D eigenvalue weighted by Gasteiger charge is 3.03. The fraction of sp³-hybridized carbons (Fsp3) is 1.00. The van der Waals surface area contributed by atoms with Gasteiger partial charge in [-0.1, -0.05) is 0 Å². The Morgan fingerprint density at radius 1 is 1.00 bits per heavy atom. The van der Waals surface area contributed by atoms with E-state index in [9.17, 15) is 0 Å². The van der Waals surface area contributed by atoms with Crippen molar-refractivity contribution in [2.45, 2.75) is 32.1 Å². The first kappa shape index (κ1) is 5.78. The molecule has 8 atom stereocenters. The minimum atomic E-state index is 1.03. The van der Waals surface area contributed by atoms with E-state index in [1.165, 1.54) is 35.5 Å². The van der Waals surface area contributed by atoms with Gasteiger partial charge in [-0.2, -0.15) is 0 Å². The van der Waals surface area contributed by atoms with Crippen molar-refractivity contribution in [2.24, 2.45) is 46.3 Å². The molecule has 6 rings (SSSR count). The summed E-state index contributed by atoms with van der Waals surface area (Å²) in [6.45, 7) is 0. The van der Waals surface area contributed by atoms with E-state index in [0.29, 0.717) is 0 Å². The molecule has 0 N–H and O–H groups in total. The van der Waals surface area contributed by atoms with Crippen molar-refractivity contribution in [1.82, 2.24) is 0 Å². The van der Waals surface area contributed by atoms with Crippen LogP contribution in [0.15, 0.2) is 0 Å². The summed E-state index contributed by atoms with van der Waals surface area (Å²) >= 11 is 0. The van der Waals surface area contributed by atoms with Crippen LogP contribution < -0.4 is 0 Å². The van der Waals surface area contributed by atoms with Gasteiger partial charge in [-0.25, -0.2) is 0 Å². The van der Waals surface area contributed by atoms with Crippen LogP contribution in [0.4, 0.5) is 0 Å². The molecule has 2 spiro atoms. The maximum absolute atomic E-state index is 1.71. The second kappa shape index (κ2) is 1.19. The molecule has 6 aliphatic rings. The highest BCUT2D eigenvalue weighted by molar-refractivity contribution is 5.50. The molecule has 0 aromatic heterocycles. The molecule has 6 aliphatic carbocycles. The summed E-state index contributed by atoms with van der Waals surface area (Å²) in [6, 6.07) is 0. The van der Waals surface area contributed by atoms with Crippen molar-refractivity contribution < 1.29 is 0 Å². The van der Waals surface area contributed by atoms with Gasteiger partial charge in [0.05, 0.1) is 0 Å². The summed E-state index contributed by atoms with van der Waals surface area (Å²) in [4.78, 5) is 0. The monoisotopic (exact) mass is 172 g/mol. The third kappa shape index (κ3) is 0.267. The van der Waals surface area contributed by atoms with Crippen molar-refractivity contribution >= 4 is 0 Å². The molecular weight excluding hydrogens is 156 g/mol. The zero-order chi connectivity index (χ0) is 8.00. The topological polar surface area (TPSA) is 0 Å². The zero-order valence-corrected chi connectivity index (χ0v) is 8.00. The summed E-state index contributed by atoms with van der Waals surface area (Å²) in [5.74, 6) is 7.63. The summed E-state index contributed by atoms with van der Waals surface area (Å²) < 4.78 is 0. The van der Waals surface area contributed by atoms with E-state index < -0.39 is 0 Å². The Bertz CT molecular complexity index is 357. The van der Waals surface area contributed by atoms with Gasteiger partial charge in [0.25, 0.3) is 0 Å². The van der Waals surface area contributed by atoms with E-state index in [1.807, 2.05) is 0 Å². The van der Waals surface area contributed by atoms with Crippen molar-refractivity contribution in [3.05, 3.63) is 0 Å². The Balaban J connectivity index is 1.72. The van der Waals surface area contributed by atoms with E-state index in [4.69, 9.17) is 0 Å². The van der Waals surface area contributed by atoms with Gasteiger partial charge in [0.1, 0.15) is 0 Å². The second-order valence-corrected chi connectivity index (χ2v) is 7.01. The summed E-state index contributed by atoms with van der Waals surface area (Å²) in [5, 5.41) is 0. The highest BCUT2D eigenvalue weighted by atomic mass is 15.1. The van der Waals surface area contributed by atoms with Crippen LogP contribution in [-0.4, -0.2) is 0 Å². The lowest BCUT2D eigenvalue weighted by Crippen LogP contribution is -2.57. The average molecular weight is 172 g/mol. The van der Waals surface area contributed by atoms with Crippen LogP contribution >= 0.6 is 0 Å². The predicted octanol–water partition coefficient (Wildman–Crippen LogP) is 2.69. The molecule has 0 aromatic rings. The standard InChI is InChI=1S/C13H16/c1-2-7-9-8-5-13-10(7)6(1)3-4-12(8,13)11(9)13/h6-11H,1-5H2. The maximum Gasteiger partial charge on any atom is -0.0162 e. The van der Waals surface area contributed by atoms with Gasteiger partial charge in [-0.3, -0.25) is 0 Å². The molecule has 6 saturated carbocycles. The number of hydrogen-bond donors (Lipinski definition) is 0. The van der Waals surface area contributed by atoms with E-state index in [2.05, 4.69) is 0 Å². The Morgan fingerprint density at radius 2 is 2.00 bits per heavy atom. The number of hydrogen-bond acceptors (Lipinski definition) is 0. The Morgan fingerprint density at radius 3 is 3.00 bits per heavy atom. The van der Waals surface area contributed by atoms with E-state index in [1.54, 1.807) is 32.1 Å². The van der Waals surface area contributed by atoms with Crippen LogP contribution in [-0.2, 0) is 0 Å². The lowest BCUT2D eigenvalue weighted by molar-refractivity contribution is -0.153. The fourth-order valence-electron chi connectivity index (χ4n) is 8.14. The zero-order valence-electron chi connectivity index (χ0n) is 8.00. The van der Waals surface area contributed by atoms with Crippen LogP contribution in [0.25, 0.3) is 0 Å². The van der Waals surface area contributed by atoms with Crippen molar-refractivity contribution in [3.63, 3.8) is 0 Å². The molecule has 0 nitrogen and oxygen atoms in total. The number of rotatable bonds is 0. The molecule has 0 radical (unpaired) electrons. The third-order valence-electron chi connectivity index (χ3n) is 7.82. The van der Waals surface area contributed by atoms with Gasteiger partial charge in [0, 0.05) is 0 Å². The summed E-state index contributed by atoms with van der Waals surface area (Å²) in [7, 11) is 0. The molecule has 0 saturated heterocycles. The molecule has 0 heterocycles. The first-order chi connectivity index (χ1) is 6.41. The Labute approximate surface area is 79.1 Å². The quantitative estimate of drug-likeness (QED) is 0.527. The average Bonchev–Trinajstić information content (AvgIpc) is 2.62.